The number of hydrogen-bond donors (Lipinski definition) is 2. The fourth-order valence-electron chi connectivity index (χ4n) is 0.658. The van der Waals surface area contributed by atoms with Gasteiger partial charge < -0.3 is 5.73 Å². The Bertz CT molecular complexity index is 349. The summed E-state index contributed by atoms with van der Waals surface area (Å²) in [5.41, 5.74) is 5.85. The summed E-state index contributed by atoms with van der Waals surface area (Å²) in [6.45, 7) is 0. The quantitative estimate of drug-likeness (QED) is 0.451. The van der Waals surface area contributed by atoms with Crippen molar-refractivity contribution in [2.75, 3.05) is 5.73 Å². The van der Waals surface area contributed by atoms with E-state index < -0.39 is 10.0 Å². The van der Waals surface area contributed by atoms with Crippen molar-refractivity contribution in [2.24, 2.45) is 5.14 Å². The van der Waals surface area contributed by atoms with E-state index in [9.17, 15) is 8.42 Å². The summed E-state index contributed by atoms with van der Waals surface area (Å²) in [5, 5.41) is 4.84. The first kappa shape index (κ1) is 16.4. The summed E-state index contributed by atoms with van der Waals surface area (Å²) in [6.07, 6.45) is 0. The van der Waals surface area contributed by atoms with Crippen molar-refractivity contribution in [3.05, 3.63) is 24.3 Å². The zero-order valence-electron chi connectivity index (χ0n) is 5.69. The van der Waals surface area contributed by atoms with Crippen molar-refractivity contribution in [3.63, 3.8) is 0 Å². The number of rotatable bonds is 1. The van der Waals surface area contributed by atoms with E-state index in [1.165, 1.54) is 24.3 Å². The molecule has 1 aromatic rings. The van der Waals surface area contributed by atoms with Gasteiger partial charge in [0.05, 0.1) is 4.90 Å². The normalized spacial score (nSPS) is 9.62. The molecular weight excluding hydrogens is 210 g/mol. The van der Waals surface area contributed by atoms with E-state index in [1.807, 2.05) is 0 Å². The van der Waals surface area contributed by atoms with Gasteiger partial charge in [-0.3, -0.25) is 0 Å². The molecule has 0 heterocycles. The Morgan fingerprint density at radius 2 is 1.38 bits per heavy atom. The van der Waals surface area contributed by atoms with Crippen LogP contribution in [0.3, 0.4) is 0 Å². The molecule has 0 aliphatic heterocycles. The monoisotopic (exact) mass is 220 g/mol. The van der Waals surface area contributed by atoms with Gasteiger partial charge in [0.1, 0.15) is 0 Å². The van der Waals surface area contributed by atoms with Crippen LogP contribution in [0.1, 0.15) is 0 Å². The van der Waals surface area contributed by atoms with E-state index in [1.54, 1.807) is 0 Å². The van der Waals surface area contributed by atoms with Gasteiger partial charge in [0, 0.05) is 5.69 Å². The fourth-order valence-corrected chi connectivity index (χ4v) is 1.17. The molecule has 0 atom stereocenters. The maximum absolute atomic E-state index is 10.7. The van der Waals surface area contributed by atoms with Gasteiger partial charge in [-0.2, -0.15) is 0 Å². The van der Waals surface area contributed by atoms with E-state index in [0.717, 1.165) is 0 Å². The fraction of sp³-hybridized carbons (Fsp3) is 0. The van der Waals surface area contributed by atoms with Crippen molar-refractivity contribution < 1.29 is 8.42 Å². The number of nitrogens with two attached hydrogens (primary N) is 2. The predicted octanol–water partition coefficient (Wildman–Crippen LogP) is -1.38. The van der Waals surface area contributed by atoms with Crippen LogP contribution in [0.2, 0.25) is 0 Å². The number of nitrogen functional groups attached to an aromatic ring is 1. The van der Waals surface area contributed by atoms with Crippen LogP contribution >= 0.6 is 0 Å². The molecule has 0 unspecified atom stereocenters. The molecule has 0 saturated carbocycles. The van der Waals surface area contributed by atoms with Crippen molar-refractivity contribution in [1.82, 2.24) is 0 Å². The zero-order valence-corrected chi connectivity index (χ0v) is 6.51. The van der Waals surface area contributed by atoms with Crippen molar-refractivity contribution in [2.45, 2.75) is 4.90 Å². The number of primary sulfonamides is 1. The van der Waals surface area contributed by atoms with E-state index in [0.29, 0.717) is 5.69 Å². The third kappa shape index (κ3) is 5.39. The number of anilines is 1. The molecule has 0 aromatic heterocycles. The minimum absolute atomic E-state index is 0. The molecule has 0 aliphatic rings. The topological polar surface area (TPSA) is 86.2 Å². The number of sulfonamides is 1. The molecule has 1 rings (SSSR count). The number of benzene rings is 1. The average Bonchev–Trinajstić information content (AvgIpc) is 1.86. The maximum atomic E-state index is 10.7. The van der Waals surface area contributed by atoms with Crippen LogP contribution < -0.4 is 10.9 Å². The Labute approximate surface area is 122 Å². The van der Waals surface area contributed by atoms with Crippen LogP contribution in [-0.2, 0) is 10.0 Å². The molecule has 0 bridgehead atoms. The van der Waals surface area contributed by atoms with Crippen LogP contribution in [0, 0.1) is 0 Å². The van der Waals surface area contributed by atoms with E-state index in [2.05, 4.69) is 0 Å². The second-order valence-electron chi connectivity index (χ2n) is 2.11. The first-order chi connectivity index (χ1) is 5.00. The van der Waals surface area contributed by atoms with Crippen LogP contribution in [-0.4, -0.2) is 67.5 Å². The summed E-state index contributed by atoms with van der Waals surface area (Å²) in [5.74, 6) is 0. The van der Waals surface area contributed by atoms with Crippen molar-refractivity contribution in [3.8, 4) is 0 Å². The van der Waals surface area contributed by atoms with Gasteiger partial charge in [-0.1, -0.05) is 0 Å². The SMILES string of the molecule is Nc1ccc(S(N)(=O)=O)cc1.[NaH].[NaH]. The predicted molar refractivity (Wildman–Crippen MR) is 56.5 cm³/mol. The van der Waals surface area contributed by atoms with Gasteiger partial charge in [-0.25, -0.2) is 13.6 Å². The molecule has 0 spiro atoms. The van der Waals surface area contributed by atoms with Crippen molar-refractivity contribution in [1.29, 1.82) is 0 Å². The summed E-state index contributed by atoms with van der Waals surface area (Å²) >= 11 is 0. The van der Waals surface area contributed by atoms with E-state index >= 15 is 0 Å². The summed E-state index contributed by atoms with van der Waals surface area (Å²) in [4.78, 5) is 0.0756. The molecule has 64 valence electrons. The van der Waals surface area contributed by atoms with Gasteiger partial charge in [0.2, 0.25) is 10.0 Å². The van der Waals surface area contributed by atoms with Crippen molar-refractivity contribution >= 4 is 74.8 Å². The molecule has 13 heavy (non-hydrogen) atoms. The Morgan fingerprint density at radius 3 is 1.69 bits per heavy atom. The standard InChI is InChI=1S/C6H8N2O2S.2Na.2H/c7-5-1-3-6(4-2-5)11(8,9)10;;;;/h1-4H,7H2,(H2,8,9,10);;;;. The van der Waals surface area contributed by atoms with Crippen LogP contribution in [0.4, 0.5) is 5.69 Å². The van der Waals surface area contributed by atoms with Crippen LogP contribution in [0.25, 0.3) is 0 Å². The second kappa shape index (κ2) is 6.42. The third-order valence-corrected chi connectivity index (χ3v) is 2.14. The molecule has 1 aromatic carbocycles. The number of hydrogen-bond acceptors (Lipinski definition) is 3. The molecule has 7 heteroatoms. The van der Waals surface area contributed by atoms with Gasteiger partial charge in [0.15, 0.2) is 0 Å². The Balaban J connectivity index is 0. The summed E-state index contributed by atoms with van der Waals surface area (Å²) in [7, 11) is -3.58. The first-order valence-electron chi connectivity index (χ1n) is 2.88. The summed E-state index contributed by atoms with van der Waals surface area (Å²) < 4.78 is 21.4. The average molecular weight is 220 g/mol. The Morgan fingerprint density at radius 1 is 1.00 bits per heavy atom. The molecule has 0 fully saturated rings. The molecule has 0 aliphatic carbocycles. The first-order valence-corrected chi connectivity index (χ1v) is 4.43. The molecule has 4 N–H and O–H groups in total. The molecule has 0 saturated heterocycles. The van der Waals surface area contributed by atoms with Gasteiger partial charge in [0.25, 0.3) is 0 Å². The Hall–Kier alpha value is 0.930. The van der Waals surface area contributed by atoms with Crippen LogP contribution in [0.5, 0.6) is 0 Å². The molecule has 0 amide bonds. The van der Waals surface area contributed by atoms with E-state index in [4.69, 9.17) is 10.9 Å². The van der Waals surface area contributed by atoms with Gasteiger partial charge in [-0.15, -0.1) is 0 Å². The third-order valence-electron chi connectivity index (χ3n) is 1.21. The molecule has 4 nitrogen and oxygen atoms in total. The summed E-state index contributed by atoms with van der Waals surface area (Å²) in [6, 6.07) is 5.70. The Kier molecular flexibility index (Phi) is 8.08. The zero-order chi connectivity index (χ0) is 8.48. The van der Waals surface area contributed by atoms with E-state index in [-0.39, 0.29) is 64.0 Å². The second-order valence-corrected chi connectivity index (χ2v) is 3.68. The minimum atomic E-state index is -3.58. The van der Waals surface area contributed by atoms with Gasteiger partial charge in [-0.05, 0) is 24.3 Å². The molecule has 0 radical (unpaired) electrons. The molecular formula is C6H10N2Na2O2S. The van der Waals surface area contributed by atoms with Crippen LogP contribution in [0.15, 0.2) is 29.2 Å². The van der Waals surface area contributed by atoms with Gasteiger partial charge >= 0.3 is 59.1 Å².